The van der Waals surface area contributed by atoms with Crippen LogP contribution >= 0.6 is 0 Å². The fourth-order valence-electron chi connectivity index (χ4n) is 3.23. The maximum atomic E-state index is 12.8. The van der Waals surface area contributed by atoms with Crippen molar-refractivity contribution in [2.45, 2.75) is 24.7 Å². The van der Waals surface area contributed by atoms with Crippen LogP contribution in [0, 0.1) is 5.92 Å². The van der Waals surface area contributed by atoms with Gasteiger partial charge in [0.1, 0.15) is 5.75 Å². The van der Waals surface area contributed by atoms with Gasteiger partial charge in [0.2, 0.25) is 10.0 Å². The fourth-order valence-corrected chi connectivity index (χ4v) is 4.83. The summed E-state index contributed by atoms with van der Waals surface area (Å²) in [5, 5.41) is 2.78. The molecule has 27 heavy (non-hydrogen) atoms. The number of benzene rings is 2. The second-order valence-electron chi connectivity index (χ2n) is 6.79. The number of hydrogen-bond donors (Lipinski definition) is 1. The molecular formula is C20H24N2O4S. The van der Waals surface area contributed by atoms with E-state index in [1.807, 2.05) is 6.07 Å². The smallest absolute Gasteiger partial charge is 0.255 e. The number of nitrogens with one attached hydrogen (secondary N) is 1. The van der Waals surface area contributed by atoms with Gasteiger partial charge in [-0.25, -0.2) is 8.42 Å². The summed E-state index contributed by atoms with van der Waals surface area (Å²) >= 11 is 0. The first-order valence-corrected chi connectivity index (χ1v) is 10.4. The molecule has 0 radical (unpaired) electrons. The molecule has 0 aliphatic carbocycles. The molecule has 1 heterocycles. The molecular weight excluding hydrogens is 364 g/mol. The molecule has 2 aromatic rings. The first kappa shape index (κ1) is 19.4. The van der Waals surface area contributed by atoms with E-state index in [-0.39, 0.29) is 10.8 Å². The normalized spacial score (nSPS) is 18.1. The molecule has 0 saturated carbocycles. The van der Waals surface area contributed by atoms with Crippen LogP contribution in [0.4, 0.5) is 5.69 Å². The SMILES string of the molecule is COc1ccccc1NC(=O)c1ccc(S(=O)(=O)N2CCC[C@@H](C)C2)cc1. The summed E-state index contributed by atoms with van der Waals surface area (Å²) in [4.78, 5) is 12.7. The predicted octanol–water partition coefficient (Wildman–Crippen LogP) is 3.37. The van der Waals surface area contributed by atoms with E-state index in [1.54, 1.807) is 18.2 Å². The summed E-state index contributed by atoms with van der Waals surface area (Å²) in [5.41, 5.74) is 0.941. The van der Waals surface area contributed by atoms with Gasteiger partial charge in [-0.2, -0.15) is 4.31 Å². The number of carbonyl (C=O) groups is 1. The van der Waals surface area contributed by atoms with Crippen LogP contribution < -0.4 is 10.1 Å². The fraction of sp³-hybridized carbons (Fsp3) is 0.350. The molecule has 1 aliphatic heterocycles. The van der Waals surface area contributed by atoms with Gasteiger partial charge in [-0.15, -0.1) is 0 Å². The van der Waals surface area contributed by atoms with Crippen LogP contribution in [-0.2, 0) is 10.0 Å². The number of rotatable bonds is 5. The average Bonchev–Trinajstić information content (AvgIpc) is 2.68. The van der Waals surface area contributed by atoms with E-state index >= 15 is 0 Å². The second kappa shape index (κ2) is 8.10. The van der Waals surface area contributed by atoms with Crippen molar-refractivity contribution in [2.24, 2.45) is 5.92 Å². The number of piperidine rings is 1. The third-order valence-electron chi connectivity index (χ3n) is 4.73. The summed E-state index contributed by atoms with van der Waals surface area (Å²) in [7, 11) is -1.99. The van der Waals surface area contributed by atoms with Crippen molar-refractivity contribution in [3.8, 4) is 5.75 Å². The number of para-hydroxylation sites is 2. The van der Waals surface area contributed by atoms with Crippen molar-refractivity contribution < 1.29 is 17.9 Å². The Kier molecular flexibility index (Phi) is 5.82. The van der Waals surface area contributed by atoms with Gasteiger partial charge in [0.05, 0.1) is 17.7 Å². The zero-order valence-corrected chi connectivity index (χ0v) is 16.3. The maximum absolute atomic E-state index is 12.8. The molecule has 1 saturated heterocycles. The Morgan fingerprint density at radius 3 is 2.52 bits per heavy atom. The molecule has 0 unspecified atom stereocenters. The number of methoxy groups -OCH3 is 1. The third-order valence-corrected chi connectivity index (χ3v) is 6.61. The Hall–Kier alpha value is -2.38. The number of sulfonamides is 1. The highest BCUT2D eigenvalue weighted by Crippen LogP contribution is 2.25. The minimum absolute atomic E-state index is 0.213. The number of ether oxygens (including phenoxy) is 1. The predicted molar refractivity (Wildman–Crippen MR) is 105 cm³/mol. The minimum atomic E-state index is -3.53. The van der Waals surface area contributed by atoms with Crippen LogP contribution in [0.15, 0.2) is 53.4 Å². The van der Waals surface area contributed by atoms with E-state index in [0.717, 1.165) is 12.8 Å². The molecule has 2 aromatic carbocycles. The van der Waals surface area contributed by atoms with Gasteiger partial charge in [0.25, 0.3) is 5.91 Å². The number of hydrogen-bond acceptors (Lipinski definition) is 4. The van der Waals surface area contributed by atoms with E-state index in [0.29, 0.717) is 36.0 Å². The molecule has 0 aromatic heterocycles. The van der Waals surface area contributed by atoms with Crippen LogP contribution in [-0.4, -0.2) is 38.8 Å². The molecule has 7 heteroatoms. The van der Waals surface area contributed by atoms with E-state index < -0.39 is 10.0 Å². The molecule has 1 amide bonds. The van der Waals surface area contributed by atoms with Crippen LogP contribution in [0.2, 0.25) is 0 Å². The average molecular weight is 388 g/mol. The number of nitrogens with zero attached hydrogens (tertiary/aromatic N) is 1. The van der Waals surface area contributed by atoms with Crippen LogP contribution in [0.1, 0.15) is 30.1 Å². The third kappa shape index (κ3) is 4.31. The Labute approximate surface area is 160 Å². The molecule has 144 valence electrons. The molecule has 1 atom stereocenters. The lowest BCUT2D eigenvalue weighted by atomic mass is 10.0. The van der Waals surface area contributed by atoms with Crippen molar-refractivity contribution in [1.29, 1.82) is 0 Å². The lowest BCUT2D eigenvalue weighted by Crippen LogP contribution is -2.39. The number of anilines is 1. The molecule has 3 rings (SSSR count). The zero-order chi connectivity index (χ0) is 19.4. The Morgan fingerprint density at radius 1 is 1.15 bits per heavy atom. The van der Waals surface area contributed by atoms with Crippen molar-refractivity contribution in [1.82, 2.24) is 4.31 Å². The van der Waals surface area contributed by atoms with Gasteiger partial charge in [-0.1, -0.05) is 19.1 Å². The molecule has 1 N–H and O–H groups in total. The summed E-state index contributed by atoms with van der Waals surface area (Å²) in [6, 6.07) is 13.2. The Balaban J connectivity index is 1.75. The summed E-state index contributed by atoms with van der Waals surface area (Å²) in [5.74, 6) is 0.596. The molecule has 1 aliphatic rings. The van der Waals surface area contributed by atoms with Crippen molar-refractivity contribution in [2.75, 3.05) is 25.5 Å². The second-order valence-corrected chi connectivity index (χ2v) is 8.73. The Bertz CT molecular complexity index is 910. The van der Waals surface area contributed by atoms with Crippen molar-refractivity contribution >= 4 is 21.6 Å². The highest BCUT2D eigenvalue weighted by molar-refractivity contribution is 7.89. The minimum Gasteiger partial charge on any atom is -0.495 e. The van der Waals surface area contributed by atoms with Crippen LogP contribution in [0.3, 0.4) is 0 Å². The first-order valence-electron chi connectivity index (χ1n) is 8.96. The highest BCUT2D eigenvalue weighted by atomic mass is 32.2. The van der Waals surface area contributed by atoms with E-state index in [1.165, 1.54) is 35.7 Å². The zero-order valence-electron chi connectivity index (χ0n) is 15.5. The largest absolute Gasteiger partial charge is 0.495 e. The van der Waals surface area contributed by atoms with Crippen LogP contribution in [0.5, 0.6) is 5.75 Å². The van der Waals surface area contributed by atoms with Gasteiger partial charge in [0, 0.05) is 18.7 Å². The standard InChI is InChI=1S/C20H24N2O4S/c1-15-6-5-13-22(14-15)27(24,25)17-11-9-16(10-12-17)20(23)21-18-7-3-4-8-19(18)26-2/h3-4,7-12,15H,5-6,13-14H2,1-2H3,(H,21,23)/t15-/m1/s1. The highest BCUT2D eigenvalue weighted by Gasteiger charge is 2.28. The van der Waals surface area contributed by atoms with E-state index in [9.17, 15) is 13.2 Å². The lowest BCUT2D eigenvalue weighted by molar-refractivity contribution is 0.102. The monoisotopic (exact) mass is 388 g/mol. The van der Waals surface area contributed by atoms with Gasteiger partial charge in [-0.05, 0) is 55.2 Å². The maximum Gasteiger partial charge on any atom is 0.255 e. The van der Waals surface area contributed by atoms with Crippen molar-refractivity contribution in [3.05, 3.63) is 54.1 Å². The van der Waals surface area contributed by atoms with Crippen molar-refractivity contribution in [3.63, 3.8) is 0 Å². The van der Waals surface area contributed by atoms with Gasteiger partial charge < -0.3 is 10.1 Å². The summed E-state index contributed by atoms with van der Waals surface area (Å²) in [6.45, 7) is 3.15. The molecule has 0 spiro atoms. The van der Waals surface area contributed by atoms with Gasteiger partial charge in [0.15, 0.2) is 0 Å². The lowest BCUT2D eigenvalue weighted by Gasteiger charge is -2.30. The van der Waals surface area contributed by atoms with Gasteiger partial charge >= 0.3 is 0 Å². The van der Waals surface area contributed by atoms with E-state index in [4.69, 9.17) is 4.74 Å². The Morgan fingerprint density at radius 2 is 1.85 bits per heavy atom. The summed E-state index contributed by atoms with van der Waals surface area (Å²) in [6.07, 6.45) is 1.92. The number of carbonyl (C=O) groups excluding carboxylic acids is 1. The van der Waals surface area contributed by atoms with E-state index in [2.05, 4.69) is 12.2 Å². The molecule has 0 bridgehead atoms. The first-order chi connectivity index (χ1) is 12.9. The molecule has 6 nitrogen and oxygen atoms in total. The summed E-state index contributed by atoms with van der Waals surface area (Å²) < 4.78 is 32.3. The quantitative estimate of drug-likeness (QED) is 0.852. The van der Waals surface area contributed by atoms with Crippen LogP contribution in [0.25, 0.3) is 0 Å². The topological polar surface area (TPSA) is 75.7 Å². The number of amides is 1. The van der Waals surface area contributed by atoms with Gasteiger partial charge in [-0.3, -0.25) is 4.79 Å². The molecule has 1 fully saturated rings.